The van der Waals surface area contributed by atoms with Crippen LogP contribution in [0, 0.1) is 5.92 Å². The molecule has 0 aromatic rings. The fourth-order valence-electron chi connectivity index (χ4n) is 4.54. The molecule has 0 aliphatic rings. The van der Waals surface area contributed by atoms with Gasteiger partial charge in [0.1, 0.15) is 6.10 Å². The summed E-state index contributed by atoms with van der Waals surface area (Å²) >= 11 is 0. The van der Waals surface area contributed by atoms with E-state index in [0.717, 1.165) is 57.3 Å². The smallest absolute Gasteiger partial charge is 0.306 e. The standard InChI is InChI=1S/C30H58O4/c1-4-5-6-7-10-13-18-23-28(24-19-16-17-22-27(2)3)34-30(33)26-21-15-12-9-8-11-14-20-25-29(31)32/h27-28H,4-26H2,1-3H3,(H,31,32). The lowest BCUT2D eigenvalue weighted by molar-refractivity contribution is -0.150. The molecule has 0 fully saturated rings. The molecule has 1 N–H and O–H groups in total. The van der Waals surface area contributed by atoms with Gasteiger partial charge in [0, 0.05) is 12.8 Å². The normalized spacial score (nSPS) is 12.2. The van der Waals surface area contributed by atoms with Crippen LogP contribution in [-0.4, -0.2) is 23.1 Å². The van der Waals surface area contributed by atoms with E-state index in [2.05, 4.69) is 20.8 Å². The molecule has 1 unspecified atom stereocenters. The van der Waals surface area contributed by atoms with Crippen molar-refractivity contribution in [3.05, 3.63) is 0 Å². The number of esters is 1. The highest BCUT2D eigenvalue weighted by molar-refractivity contribution is 5.69. The molecule has 4 nitrogen and oxygen atoms in total. The van der Waals surface area contributed by atoms with Gasteiger partial charge in [-0.1, -0.05) is 117 Å². The molecule has 0 aromatic carbocycles. The van der Waals surface area contributed by atoms with Gasteiger partial charge in [-0.25, -0.2) is 0 Å². The van der Waals surface area contributed by atoms with Crippen molar-refractivity contribution < 1.29 is 19.4 Å². The summed E-state index contributed by atoms with van der Waals surface area (Å²) in [6, 6.07) is 0. The lowest BCUT2D eigenvalue weighted by atomic mass is 10.0. The van der Waals surface area contributed by atoms with Crippen LogP contribution >= 0.6 is 0 Å². The number of rotatable bonds is 26. The van der Waals surface area contributed by atoms with Crippen LogP contribution < -0.4 is 0 Å². The van der Waals surface area contributed by atoms with Crippen molar-refractivity contribution >= 4 is 11.9 Å². The molecule has 34 heavy (non-hydrogen) atoms. The number of carbonyl (C=O) groups excluding carboxylic acids is 1. The first-order chi connectivity index (χ1) is 16.5. The largest absolute Gasteiger partial charge is 0.481 e. The summed E-state index contributed by atoms with van der Waals surface area (Å²) in [4.78, 5) is 22.9. The number of unbranched alkanes of at least 4 members (excludes halogenated alkanes) is 15. The molecule has 0 aliphatic carbocycles. The molecular weight excluding hydrogens is 424 g/mol. The lowest BCUT2D eigenvalue weighted by Gasteiger charge is -2.18. The van der Waals surface area contributed by atoms with Crippen LogP contribution in [0.15, 0.2) is 0 Å². The van der Waals surface area contributed by atoms with E-state index in [1.54, 1.807) is 0 Å². The van der Waals surface area contributed by atoms with Crippen molar-refractivity contribution in [2.45, 2.75) is 175 Å². The molecule has 202 valence electrons. The molecule has 0 spiro atoms. The third-order valence-corrected chi connectivity index (χ3v) is 6.76. The van der Waals surface area contributed by atoms with Crippen LogP contribution in [0.1, 0.15) is 168 Å². The quantitative estimate of drug-likeness (QED) is 0.0984. The second-order valence-electron chi connectivity index (χ2n) is 10.8. The van der Waals surface area contributed by atoms with Gasteiger partial charge in [-0.3, -0.25) is 9.59 Å². The Hall–Kier alpha value is -1.06. The highest BCUT2D eigenvalue weighted by Crippen LogP contribution is 2.19. The van der Waals surface area contributed by atoms with Crippen molar-refractivity contribution in [1.82, 2.24) is 0 Å². The number of aliphatic carboxylic acids is 1. The lowest BCUT2D eigenvalue weighted by Crippen LogP contribution is -2.18. The third kappa shape index (κ3) is 25.6. The van der Waals surface area contributed by atoms with Gasteiger partial charge >= 0.3 is 11.9 Å². The molecule has 0 aromatic heterocycles. The molecule has 0 aliphatic heterocycles. The van der Waals surface area contributed by atoms with Crippen molar-refractivity contribution in [2.75, 3.05) is 0 Å². The maximum atomic E-state index is 12.4. The zero-order valence-electron chi connectivity index (χ0n) is 23.1. The minimum atomic E-state index is -0.692. The van der Waals surface area contributed by atoms with E-state index >= 15 is 0 Å². The number of ether oxygens (including phenoxy) is 1. The first-order valence-corrected chi connectivity index (χ1v) is 14.9. The van der Waals surface area contributed by atoms with Gasteiger partial charge in [0.2, 0.25) is 0 Å². The highest BCUT2D eigenvalue weighted by Gasteiger charge is 2.14. The Balaban J connectivity index is 3.96. The molecule has 1 atom stereocenters. The van der Waals surface area contributed by atoms with E-state index < -0.39 is 5.97 Å². The summed E-state index contributed by atoms with van der Waals surface area (Å²) in [6.07, 6.45) is 25.6. The van der Waals surface area contributed by atoms with Crippen LogP contribution in [0.5, 0.6) is 0 Å². The Morgan fingerprint density at radius 2 is 1.00 bits per heavy atom. The van der Waals surface area contributed by atoms with E-state index in [1.807, 2.05) is 0 Å². The predicted molar refractivity (Wildman–Crippen MR) is 144 cm³/mol. The molecule has 0 radical (unpaired) electrons. The minimum absolute atomic E-state index is 0.00352. The summed E-state index contributed by atoms with van der Waals surface area (Å²) < 4.78 is 5.93. The van der Waals surface area contributed by atoms with Crippen LogP contribution in [0.25, 0.3) is 0 Å². The molecule has 0 amide bonds. The third-order valence-electron chi connectivity index (χ3n) is 6.76. The summed E-state index contributed by atoms with van der Waals surface area (Å²) in [5, 5.41) is 8.65. The zero-order chi connectivity index (χ0) is 25.3. The van der Waals surface area contributed by atoms with Crippen LogP contribution in [-0.2, 0) is 14.3 Å². The Labute approximate surface area is 212 Å². The highest BCUT2D eigenvalue weighted by atomic mass is 16.5. The van der Waals surface area contributed by atoms with Gasteiger partial charge in [-0.05, 0) is 44.4 Å². The summed E-state index contributed by atoms with van der Waals surface area (Å²) in [6.45, 7) is 6.83. The first-order valence-electron chi connectivity index (χ1n) is 14.9. The molecule has 0 rings (SSSR count). The fourth-order valence-corrected chi connectivity index (χ4v) is 4.54. The first kappa shape index (κ1) is 32.9. The maximum absolute atomic E-state index is 12.4. The number of carboxylic acid groups (broad SMARTS) is 1. The minimum Gasteiger partial charge on any atom is -0.481 e. The zero-order valence-corrected chi connectivity index (χ0v) is 23.1. The summed E-state index contributed by atoms with van der Waals surface area (Å²) in [7, 11) is 0. The Bertz CT molecular complexity index is 461. The van der Waals surface area contributed by atoms with Crippen molar-refractivity contribution in [3.8, 4) is 0 Å². The Kier molecular flexibility index (Phi) is 24.3. The van der Waals surface area contributed by atoms with Gasteiger partial charge < -0.3 is 9.84 Å². The SMILES string of the molecule is CCCCCCCCCC(CCCCCC(C)C)OC(=O)CCCCCCCCCCC(=O)O. The molecular formula is C30H58O4. The predicted octanol–water partition coefficient (Wildman–Crippen LogP) is 9.63. The van der Waals surface area contributed by atoms with Crippen molar-refractivity contribution in [2.24, 2.45) is 5.92 Å². The number of hydrogen-bond acceptors (Lipinski definition) is 3. The van der Waals surface area contributed by atoms with E-state index in [9.17, 15) is 9.59 Å². The average Bonchev–Trinajstić information content (AvgIpc) is 2.78. The van der Waals surface area contributed by atoms with Gasteiger partial charge in [0.15, 0.2) is 0 Å². The van der Waals surface area contributed by atoms with E-state index in [0.29, 0.717) is 12.8 Å². The van der Waals surface area contributed by atoms with Crippen LogP contribution in [0.2, 0.25) is 0 Å². The second-order valence-corrected chi connectivity index (χ2v) is 10.8. The second kappa shape index (κ2) is 25.0. The number of hydrogen-bond donors (Lipinski definition) is 1. The maximum Gasteiger partial charge on any atom is 0.306 e. The molecule has 0 saturated heterocycles. The van der Waals surface area contributed by atoms with E-state index in [4.69, 9.17) is 9.84 Å². The fraction of sp³-hybridized carbons (Fsp3) is 0.933. The van der Waals surface area contributed by atoms with Crippen LogP contribution in [0.3, 0.4) is 0 Å². The monoisotopic (exact) mass is 482 g/mol. The topological polar surface area (TPSA) is 63.6 Å². The van der Waals surface area contributed by atoms with E-state index in [-0.39, 0.29) is 12.1 Å². The Morgan fingerprint density at radius 3 is 1.50 bits per heavy atom. The molecule has 4 heteroatoms. The van der Waals surface area contributed by atoms with Crippen molar-refractivity contribution in [1.29, 1.82) is 0 Å². The molecule has 0 heterocycles. The summed E-state index contributed by atoms with van der Waals surface area (Å²) in [5.74, 6) is 0.0877. The average molecular weight is 483 g/mol. The van der Waals surface area contributed by atoms with Gasteiger partial charge in [-0.15, -0.1) is 0 Å². The van der Waals surface area contributed by atoms with Gasteiger partial charge in [-0.2, -0.15) is 0 Å². The van der Waals surface area contributed by atoms with E-state index in [1.165, 1.54) is 83.5 Å². The number of carbonyl (C=O) groups is 2. The molecule has 0 saturated carbocycles. The Morgan fingerprint density at radius 1 is 0.588 bits per heavy atom. The van der Waals surface area contributed by atoms with Crippen LogP contribution in [0.4, 0.5) is 0 Å². The van der Waals surface area contributed by atoms with Crippen molar-refractivity contribution in [3.63, 3.8) is 0 Å². The molecule has 0 bridgehead atoms. The number of carboxylic acids is 1. The van der Waals surface area contributed by atoms with Gasteiger partial charge in [0.25, 0.3) is 0 Å². The summed E-state index contributed by atoms with van der Waals surface area (Å²) in [5.41, 5.74) is 0. The van der Waals surface area contributed by atoms with Gasteiger partial charge in [0.05, 0.1) is 0 Å².